The fraction of sp³-hybridized carbons (Fsp3) is 0.706. The van der Waals surface area contributed by atoms with Crippen molar-refractivity contribution in [2.75, 3.05) is 13.1 Å². The number of unbranched alkanes of at least 4 members (excludes halogenated alkanes) is 1. The number of imidazole rings is 1. The lowest BCUT2D eigenvalue weighted by Crippen LogP contribution is -2.30. The van der Waals surface area contributed by atoms with Gasteiger partial charge in [-0.05, 0) is 31.6 Å². The van der Waals surface area contributed by atoms with Crippen molar-refractivity contribution < 1.29 is 9.59 Å². The van der Waals surface area contributed by atoms with Crippen molar-refractivity contribution >= 4 is 11.8 Å². The van der Waals surface area contributed by atoms with Gasteiger partial charge < -0.3 is 15.2 Å². The predicted molar refractivity (Wildman–Crippen MR) is 89.6 cm³/mol. The summed E-state index contributed by atoms with van der Waals surface area (Å²) in [6.45, 7) is 8.20. The molecule has 128 valence electrons. The standard InChI is InChI=1S/C17H28N4O2/c1-4-5-9-18-16(22)14-13-8-6-7-10-21(13)15(20-14)17(23)19-11-12(2)3/h12H,4-11H2,1-3H3,(H,18,22)(H,19,23). The highest BCUT2D eigenvalue weighted by Crippen LogP contribution is 2.21. The summed E-state index contributed by atoms with van der Waals surface area (Å²) < 4.78 is 1.92. The second-order valence-corrected chi connectivity index (χ2v) is 6.55. The summed E-state index contributed by atoms with van der Waals surface area (Å²) in [5.41, 5.74) is 1.33. The molecule has 2 heterocycles. The maximum Gasteiger partial charge on any atom is 0.287 e. The molecule has 0 bridgehead atoms. The van der Waals surface area contributed by atoms with E-state index in [1.807, 2.05) is 18.4 Å². The maximum absolute atomic E-state index is 12.4. The van der Waals surface area contributed by atoms with E-state index in [0.717, 1.165) is 44.3 Å². The van der Waals surface area contributed by atoms with E-state index < -0.39 is 0 Å². The van der Waals surface area contributed by atoms with Crippen molar-refractivity contribution in [3.63, 3.8) is 0 Å². The molecule has 2 N–H and O–H groups in total. The number of nitrogens with zero attached hydrogens (tertiary/aromatic N) is 2. The minimum Gasteiger partial charge on any atom is -0.351 e. The van der Waals surface area contributed by atoms with Crippen molar-refractivity contribution in [3.05, 3.63) is 17.2 Å². The molecule has 0 spiro atoms. The third-order valence-electron chi connectivity index (χ3n) is 4.02. The van der Waals surface area contributed by atoms with Crippen LogP contribution in [-0.2, 0) is 13.0 Å². The predicted octanol–water partition coefficient (Wildman–Crippen LogP) is 2.14. The molecule has 23 heavy (non-hydrogen) atoms. The van der Waals surface area contributed by atoms with Gasteiger partial charge in [0.05, 0.1) is 5.69 Å². The highest BCUT2D eigenvalue weighted by molar-refractivity contribution is 5.97. The summed E-state index contributed by atoms with van der Waals surface area (Å²) >= 11 is 0. The first-order valence-corrected chi connectivity index (χ1v) is 8.70. The van der Waals surface area contributed by atoms with E-state index in [4.69, 9.17) is 0 Å². The van der Waals surface area contributed by atoms with Crippen LogP contribution in [0.15, 0.2) is 0 Å². The van der Waals surface area contributed by atoms with Crippen LogP contribution in [0.4, 0.5) is 0 Å². The Hall–Kier alpha value is -1.85. The lowest BCUT2D eigenvalue weighted by Gasteiger charge is -2.17. The van der Waals surface area contributed by atoms with Crippen LogP contribution in [0.2, 0.25) is 0 Å². The highest BCUT2D eigenvalue weighted by atomic mass is 16.2. The van der Waals surface area contributed by atoms with Gasteiger partial charge in [-0.25, -0.2) is 4.98 Å². The molecule has 0 saturated carbocycles. The van der Waals surface area contributed by atoms with Crippen LogP contribution in [0.3, 0.4) is 0 Å². The van der Waals surface area contributed by atoms with Gasteiger partial charge in [0.15, 0.2) is 5.82 Å². The first-order chi connectivity index (χ1) is 11.0. The van der Waals surface area contributed by atoms with E-state index in [2.05, 4.69) is 22.5 Å². The number of rotatable bonds is 7. The molecule has 0 aliphatic carbocycles. The summed E-state index contributed by atoms with van der Waals surface area (Å²) in [5.74, 6) is 0.411. The van der Waals surface area contributed by atoms with Gasteiger partial charge in [-0.15, -0.1) is 0 Å². The largest absolute Gasteiger partial charge is 0.351 e. The molecular weight excluding hydrogens is 292 g/mol. The molecule has 6 heteroatoms. The second-order valence-electron chi connectivity index (χ2n) is 6.55. The zero-order valence-corrected chi connectivity index (χ0v) is 14.4. The van der Waals surface area contributed by atoms with Gasteiger partial charge in [-0.3, -0.25) is 9.59 Å². The third kappa shape index (κ3) is 4.33. The molecule has 1 aliphatic heterocycles. The van der Waals surface area contributed by atoms with Crippen LogP contribution < -0.4 is 10.6 Å². The smallest absolute Gasteiger partial charge is 0.287 e. The summed E-state index contributed by atoms with van der Waals surface area (Å²) in [7, 11) is 0. The number of aromatic nitrogens is 2. The monoisotopic (exact) mass is 320 g/mol. The first kappa shape index (κ1) is 17.5. The summed E-state index contributed by atoms with van der Waals surface area (Å²) in [6.07, 6.45) is 4.84. The molecule has 1 aromatic heterocycles. The molecule has 0 aromatic carbocycles. The van der Waals surface area contributed by atoms with E-state index in [1.165, 1.54) is 0 Å². The Morgan fingerprint density at radius 1 is 1.22 bits per heavy atom. The van der Waals surface area contributed by atoms with E-state index in [-0.39, 0.29) is 11.8 Å². The quantitative estimate of drug-likeness (QED) is 0.756. The molecular formula is C17H28N4O2. The fourth-order valence-corrected chi connectivity index (χ4v) is 2.74. The zero-order chi connectivity index (χ0) is 16.8. The van der Waals surface area contributed by atoms with Crippen molar-refractivity contribution in [2.24, 2.45) is 5.92 Å². The molecule has 0 unspecified atom stereocenters. The second kappa shape index (κ2) is 8.13. The minimum atomic E-state index is -0.186. The van der Waals surface area contributed by atoms with Gasteiger partial charge in [-0.1, -0.05) is 27.2 Å². The van der Waals surface area contributed by atoms with Gasteiger partial charge in [0.2, 0.25) is 0 Å². The van der Waals surface area contributed by atoms with E-state index in [9.17, 15) is 9.59 Å². The molecule has 0 saturated heterocycles. The molecule has 1 aliphatic rings. The molecule has 6 nitrogen and oxygen atoms in total. The number of hydrogen-bond donors (Lipinski definition) is 2. The number of nitrogens with one attached hydrogen (secondary N) is 2. The lowest BCUT2D eigenvalue weighted by atomic mass is 10.1. The topological polar surface area (TPSA) is 76.0 Å². The number of amides is 2. The average molecular weight is 320 g/mol. The van der Waals surface area contributed by atoms with Gasteiger partial charge in [-0.2, -0.15) is 0 Å². The number of carbonyl (C=O) groups is 2. The van der Waals surface area contributed by atoms with Crippen molar-refractivity contribution in [3.8, 4) is 0 Å². The zero-order valence-electron chi connectivity index (χ0n) is 14.4. The van der Waals surface area contributed by atoms with Crippen molar-refractivity contribution in [1.29, 1.82) is 0 Å². The Bertz CT molecular complexity index is 563. The Kier molecular flexibility index (Phi) is 6.19. The van der Waals surface area contributed by atoms with Crippen LogP contribution in [-0.4, -0.2) is 34.5 Å². The van der Waals surface area contributed by atoms with Crippen LogP contribution in [0, 0.1) is 5.92 Å². The fourth-order valence-electron chi connectivity index (χ4n) is 2.74. The number of carbonyl (C=O) groups excluding carboxylic acids is 2. The summed E-state index contributed by atoms with van der Waals surface area (Å²) in [5, 5.41) is 5.81. The highest BCUT2D eigenvalue weighted by Gasteiger charge is 2.27. The first-order valence-electron chi connectivity index (χ1n) is 8.70. The van der Waals surface area contributed by atoms with Crippen LogP contribution in [0.25, 0.3) is 0 Å². The Morgan fingerprint density at radius 2 is 2.00 bits per heavy atom. The Balaban J connectivity index is 2.19. The van der Waals surface area contributed by atoms with E-state index >= 15 is 0 Å². The van der Waals surface area contributed by atoms with Gasteiger partial charge >= 0.3 is 0 Å². The lowest BCUT2D eigenvalue weighted by molar-refractivity contribution is 0.0933. The van der Waals surface area contributed by atoms with Crippen LogP contribution in [0.1, 0.15) is 73.3 Å². The molecule has 0 atom stereocenters. The summed E-state index contributed by atoms with van der Waals surface area (Å²) in [4.78, 5) is 29.2. The summed E-state index contributed by atoms with van der Waals surface area (Å²) in [6, 6.07) is 0. The van der Waals surface area contributed by atoms with Crippen molar-refractivity contribution in [1.82, 2.24) is 20.2 Å². The Morgan fingerprint density at radius 3 is 2.70 bits per heavy atom. The van der Waals surface area contributed by atoms with E-state index in [0.29, 0.717) is 30.5 Å². The third-order valence-corrected chi connectivity index (χ3v) is 4.02. The minimum absolute atomic E-state index is 0.160. The number of hydrogen-bond acceptors (Lipinski definition) is 3. The van der Waals surface area contributed by atoms with Gasteiger partial charge in [0, 0.05) is 19.6 Å². The molecule has 2 amide bonds. The number of fused-ring (bicyclic) bond motifs is 1. The van der Waals surface area contributed by atoms with Crippen LogP contribution in [0.5, 0.6) is 0 Å². The molecule has 1 aromatic rings. The molecule has 2 rings (SSSR count). The van der Waals surface area contributed by atoms with Crippen LogP contribution >= 0.6 is 0 Å². The molecule has 0 radical (unpaired) electrons. The Labute approximate surface area is 138 Å². The SMILES string of the molecule is CCCCNC(=O)c1nc(C(=O)NCC(C)C)n2c1CCCC2. The maximum atomic E-state index is 12.4. The normalized spacial score (nSPS) is 13.7. The molecule has 0 fully saturated rings. The average Bonchev–Trinajstić information content (AvgIpc) is 2.92. The van der Waals surface area contributed by atoms with Gasteiger partial charge in [0.1, 0.15) is 5.69 Å². The van der Waals surface area contributed by atoms with Crippen molar-refractivity contribution in [2.45, 2.75) is 59.4 Å². The van der Waals surface area contributed by atoms with Gasteiger partial charge in [0.25, 0.3) is 11.8 Å². The van der Waals surface area contributed by atoms with E-state index in [1.54, 1.807) is 0 Å².